The second kappa shape index (κ2) is 7.74. The summed E-state index contributed by atoms with van der Waals surface area (Å²) in [6, 6.07) is 5.34. The Hall–Kier alpha value is -1.40. The van der Waals surface area contributed by atoms with Crippen LogP contribution in [0.1, 0.15) is 25.3 Å². The summed E-state index contributed by atoms with van der Waals surface area (Å²) >= 11 is 0. The molecule has 6 heteroatoms. The third-order valence-corrected chi connectivity index (χ3v) is 4.23. The van der Waals surface area contributed by atoms with Crippen molar-refractivity contribution >= 4 is 0 Å². The van der Waals surface area contributed by atoms with Gasteiger partial charge in [0.1, 0.15) is 0 Å². The Morgan fingerprint density at radius 1 is 1.27 bits per heavy atom. The van der Waals surface area contributed by atoms with E-state index in [1.165, 1.54) is 13.2 Å². The Morgan fingerprint density at radius 3 is 2.50 bits per heavy atom. The van der Waals surface area contributed by atoms with Crippen molar-refractivity contribution in [3.05, 3.63) is 23.8 Å². The summed E-state index contributed by atoms with van der Waals surface area (Å²) < 4.78 is 34.2. The molecule has 124 valence electrons. The fourth-order valence-corrected chi connectivity index (χ4v) is 2.90. The monoisotopic (exact) mass is 314 g/mol. The fourth-order valence-electron chi connectivity index (χ4n) is 2.90. The zero-order valence-corrected chi connectivity index (χ0v) is 13.1. The normalized spacial score (nSPS) is 18.5. The molecule has 0 saturated carbocycles. The number of nitrogens with zero attached hydrogens (tertiary/aromatic N) is 1. The van der Waals surface area contributed by atoms with E-state index in [-0.39, 0.29) is 11.8 Å². The standard InChI is InChI=1S/C16H24F2N2O2/c1-11(19)13-5-7-20(8-6-13)10-12-3-4-14(22-16(17)18)15(9-12)21-2/h3-4,9,11,13,16H,5-8,10,19H2,1-2H3. The molecule has 0 bridgehead atoms. The predicted molar refractivity (Wildman–Crippen MR) is 81.3 cm³/mol. The van der Waals surface area contributed by atoms with Gasteiger partial charge < -0.3 is 15.2 Å². The number of methoxy groups -OCH3 is 1. The Kier molecular flexibility index (Phi) is 5.97. The molecule has 1 aliphatic heterocycles. The van der Waals surface area contributed by atoms with Crippen LogP contribution in [-0.2, 0) is 6.54 Å². The molecule has 22 heavy (non-hydrogen) atoms. The number of benzene rings is 1. The van der Waals surface area contributed by atoms with Gasteiger partial charge in [0.15, 0.2) is 11.5 Å². The Bertz CT molecular complexity index is 475. The zero-order chi connectivity index (χ0) is 16.1. The van der Waals surface area contributed by atoms with E-state index in [0.717, 1.165) is 38.0 Å². The Morgan fingerprint density at radius 2 is 1.95 bits per heavy atom. The smallest absolute Gasteiger partial charge is 0.387 e. The van der Waals surface area contributed by atoms with Crippen molar-refractivity contribution in [3.63, 3.8) is 0 Å². The first kappa shape index (κ1) is 17.0. The number of hydrogen-bond donors (Lipinski definition) is 1. The minimum absolute atomic E-state index is 0.0666. The molecule has 0 radical (unpaired) electrons. The van der Waals surface area contributed by atoms with Crippen LogP contribution in [0.2, 0.25) is 0 Å². The first-order valence-corrected chi connectivity index (χ1v) is 7.59. The highest BCUT2D eigenvalue weighted by Gasteiger charge is 2.22. The quantitative estimate of drug-likeness (QED) is 0.877. The van der Waals surface area contributed by atoms with Crippen LogP contribution >= 0.6 is 0 Å². The van der Waals surface area contributed by atoms with Crippen molar-refractivity contribution in [1.82, 2.24) is 4.90 Å². The molecule has 1 aromatic carbocycles. The lowest BCUT2D eigenvalue weighted by molar-refractivity contribution is -0.0512. The van der Waals surface area contributed by atoms with Crippen molar-refractivity contribution < 1.29 is 18.3 Å². The first-order valence-electron chi connectivity index (χ1n) is 7.59. The first-order chi connectivity index (χ1) is 10.5. The molecule has 1 fully saturated rings. The minimum atomic E-state index is -2.85. The van der Waals surface area contributed by atoms with Gasteiger partial charge in [0.25, 0.3) is 0 Å². The number of rotatable bonds is 6. The fraction of sp³-hybridized carbons (Fsp3) is 0.625. The van der Waals surface area contributed by atoms with E-state index in [9.17, 15) is 8.78 Å². The van der Waals surface area contributed by atoms with E-state index in [4.69, 9.17) is 10.5 Å². The average Bonchev–Trinajstić information content (AvgIpc) is 2.49. The molecule has 0 spiro atoms. The Labute approximate surface area is 130 Å². The van der Waals surface area contributed by atoms with Gasteiger partial charge >= 0.3 is 6.61 Å². The third-order valence-electron chi connectivity index (χ3n) is 4.23. The van der Waals surface area contributed by atoms with Gasteiger partial charge in [-0.2, -0.15) is 8.78 Å². The summed E-state index contributed by atoms with van der Waals surface area (Å²) in [6.45, 7) is 1.99. The summed E-state index contributed by atoms with van der Waals surface area (Å²) in [4.78, 5) is 2.35. The van der Waals surface area contributed by atoms with Gasteiger partial charge in [0, 0.05) is 12.6 Å². The molecule has 0 aromatic heterocycles. The number of halogens is 2. The molecule has 1 aliphatic rings. The molecule has 1 saturated heterocycles. The number of ether oxygens (including phenoxy) is 2. The van der Waals surface area contributed by atoms with Gasteiger partial charge in [0.05, 0.1) is 7.11 Å². The molecular formula is C16H24F2N2O2. The number of likely N-dealkylation sites (tertiary alicyclic amines) is 1. The summed E-state index contributed by atoms with van der Waals surface area (Å²) in [6.07, 6.45) is 2.20. The van der Waals surface area contributed by atoms with Crippen LogP contribution in [0.4, 0.5) is 8.78 Å². The van der Waals surface area contributed by atoms with Crippen molar-refractivity contribution in [2.45, 2.75) is 39.0 Å². The molecule has 0 aliphatic carbocycles. The van der Waals surface area contributed by atoms with Gasteiger partial charge in [-0.25, -0.2) is 0 Å². The summed E-state index contributed by atoms with van der Waals surface area (Å²) in [7, 11) is 1.45. The van der Waals surface area contributed by atoms with E-state index >= 15 is 0 Å². The van der Waals surface area contributed by atoms with Crippen LogP contribution in [0.3, 0.4) is 0 Å². The minimum Gasteiger partial charge on any atom is -0.493 e. The van der Waals surface area contributed by atoms with E-state index in [1.54, 1.807) is 12.1 Å². The maximum absolute atomic E-state index is 12.3. The number of hydrogen-bond acceptors (Lipinski definition) is 4. The van der Waals surface area contributed by atoms with Crippen LogP contribution in [0.15, 0.2) is 18.2 Å². The van der Waals surface area contributed by atoms with Crippen LogP contribution in [0, 0.1) is 5.92 Å². The molecule has 1 atom stereocenters. The highest BCUT2D eigenvalue weighted by molar-refractivity contribution is 5.43. The largest absolute Gasteiger partial charge is 0.493 e. The highest BCUT2D eigenvalue weighted by Crippen LogP contribution is 2.30. The number of piperidine rings is 1. The maximum atomic E-state index is 12.3. The molecule has 2 N–H and O–H groups in total. The molecule has 1 unspecified atom stereocenters. The summed E-state index contributed by atoms with van der Waals surface area (Å²) in [5.41, 5.74) is 6.97. The van der Waals surface area contributed by atoms with Gasteiger partial charge in [0.2, 0.25) is 0 Å². The Balaban J connectivity index is 1.96. The third kappa shape index (κ3) is 4.55. The number of nitrogens with two attached hydrogens (primary N) is 1. The van der Waals surface area contributed by atoms with E-state index < -0.39 is 6.61 Å². The van der Waals surface area contributed by atoms with Crippen LogP contribution in [0.25, 0.3) is 0 Å². The molecule has 1 heterocycles. The SMILES string of the molecule is COc1cc(CN2CCC(C(C)N)CC2)ccc1OC(F)F. The lowest BCUT2D eigenvalue weighted by Gasteiger charge is -2.33. The van der Waals surface area contributed by atoms with Crippen LogP contribution in [-0.4, -0.2) is 37.8 Å². The van der Waals surface area contributed by atoms with Crippen LogP contribution in [0.5, 0.6) is 11.5 Å². The molecule has 0 amide bonds. The lowest BCUT2D eigenvalue weighted by atomic mass is 9.91. The molecular weight excluding hydrogens is 290 g/mol. The predicted octanol–water partition coefficient (Wildman–Crippen LogP) is 2.86. The zero-order valence-electron chi connectivity index (χ0n) is 13.1. The van der Waals surface area contributed by atoms with Crippen LogP contribution < -0.4 is 15.2 Å². The van der Waals surface area contributed by atoms with E-state index in [1.807, 2.05) is 0 Å². The molecule has 4 nitrogen and oxygen atoms in total. The second-order valence-corrected chi connectivity index (χ2v) is 5.84. The second-order valence-electron chi connectivity index (χ2n) is 5.84. The van der Waals surface area contributed by atoms with Crippen molar-refractivity contribution in [1.29, 1.82) is 0 Å². The van der Waals surface area contributed by atoms with Crippen molar-refractivity contribution in [3.8, 4) is 11.5 Å². The van der Waals surface area contributed by atoms with Gasteiger partial charge in [-0.05, 0) is 56.5 Å². The highest BCUT2D eigenvalue weighted by atomic mass is 19.3. The summed E-state index contributed by atoms with van der Waals surface area (Å²) in [5.74, 6) is 0.993. The van der Waals surface area contributed by atoms with Gasteiger partial charge in [-0.1, -0.05) is 6.07 Å². The van der Waals surface area contributed by atoms with E-state index in [0.29, 0.717) is 11.7 Å². The van der Waals surface area contributed by atoms with Gasteiger partial charge in [-0.15, -0.1) is 0 Å². The van der Waals surface area contributed by atoms with Crippen molar-refractivity contribution in [2.24, 2.45) is 11.7 Å². The average molecular weight is 314 g/mol. The van der Waals surface area contributed by atoms with E-state index in [2.05, 4.69) is 16.6 Å². The number of alkyl halides is 2. The topological polar surface area (TPSA) is 47.7 Å². The maximum Gasteiger partial charge on any atom is 0.387 e. The molecule has 1 aromatic rings. The summed E-state index contributed by atoms with van der Waals surface area (Å²) in [5, 5.41) is 0. The van der Waals surface area contributed by atoms with Gasteiger partial charge in [-0.3, -0.25) is 4.90 Å². The van der Waals surface area contributed by atoms with Crippen molar-refractivity contribution in [2.75, 3.05) is 20.2 Å². The lowest BCUT2D eigenvalue weighted by Crippen LogP contribution is -2.39. The molecule has 2 rings (SSSR count).